The first-order valence-corrected chi connectivity index (χ1v) is 6.11. The molecule has 1 rings (SSSR count). The molecule has 2 N–H and O–H groups in total. The second-order valence-electron chi connectivity index (χ2n) is 4.70. The summed E-state index contributed by atoms with van der Waals surface area (Å²) in [5, 5.41) is 5.36. The first kappa shape index (κ1) is 14.2. The third-order valence-electron chi connectivity index (χ3n) is 2.51. The monoisotopic (exact) mass is 248 g/mol. The number of hydrogen-bond acceptors (Lipinski definition) is 2. The molecule has 0 bridgehead atoms. The molecule has 2 amide bonds. The largest absolute Gasteiger partial charge is 0.354 e. The molecule has 0 aromatic heterocycles. The summed E-state index contributed by atoms with van der Waals surface area (Å²) < 4.78 is 0. The lowest BCUT2D eigenvalue weighted by Crippen LogP contribution is -2.38. The fourth-order valence-corrected chi connectivity index (χ4v) is 1.46. The standard InChI is InChI=1S/C14H20N2O2/c1-10(2)8-15-13(17)9-16-14(18)12-7-5-4-6-11(12)3/h4-7,10H,8-9H2,1-3H3,(H,15,17)(H,16,18). The van der Waals surface area contributed by atoms with Gasteiger partial charge in [-0.2, -0.15) is 0 Å². The van der Waals surface area contributed by atoms with Crippen molar-refractivity contribution < 1.29 is 9.59 Å². The van der Waals surface area contributed by atoms with Crippen LogP contribution >= 0.6 is 0 Å². The van der Waals surface area contributed by atoms with Crippen LogP contribution in [-0.4, -0.2) is 24.9 Å². The lowest BCUT2D eigenvalue weighted by molar-refractivity contribution is -0.120. The molecular weight excluding hydrogens is 228 g/mol. The minimum atomic E-state index is -0.215. The zero-order chi connectivity index (χ0) is 13.5. The summed E-state index contributed by atoms with van der Waals surface area (Å²) in [4.78, 5) is 23.3. The Balaban J connectivity index is 2.42. The van der Waals surface area contributed by atoms with Gasteiger partial charge >= 0.3 is 0 Å². The predicted octanol–water partition coefficient (Wildman–Crippen LogP) is 1.50. The fourth-order valence-electron chi connectivity index (χ4n) is 1.46. The number of amides is 2. The highest BCUT2D eigenvalue weighted by molar-refractivity contribution is 5.97. The van der Waals surface area contributed by atoms with Gasteiger partial charge in [-0.1, -0.05) is 32.0 Å². The minimum Gasteiger partial charge on any atom is -0.354 e. The van der Waals surface area contributed by atoms with E-state index in [1.165, 1.54) is 0 Å². The van der Waals surface area contributed by atoms with Gasteiger partial charge in [0.1, 0.15) is 0 Å². The maximum absolute atomic E-state index is 11.8. The number of carbonyl (C=O) groups excluding carboxylic acids is 2. The topological polar surface area (TPSA) is 58.2 Å². The van der Waals surface area contributed by atoms with Gasteiger partial charge in [-0.3, -0.25) is 9.59 Å². The van der Waals surface area contributed by atoms with E-state index in [0.717, 1.165) is 5.56 Å². The average Bonchev–Trinajstić information content (AvgIpc) is 2.34. The summed E-state index contributed by atoms with van der Waals surface area (Å²) in [6.45, 7) is 6.55. The van der Waals surface area contributed by atoms with E-state index in [4.69, 9.17) is 0 Å². The third kappa shape index (κ3) is 4.57. The van der Waals surface area contributed by atoms with Crippen LogP contribution in [0.1, 0.15) is 29.8 Å². The van der Waals surface area contributed by atoms with Crippen molar-refractivity contribution in [3.05, 3.63) is 35.4 Å². The normalized spacial score (nSPS) is 10.2. The molecule has 0 saturated heterocycles. The molecule has 0 unspecified atom stereocenters. The van der Waals surface area contributed by atoms with Crippen LogP contribution in [0.5, 0.6) is 0 Å². The van der Waals surface area contributed by atoms with E-state index >= 15 is 0 Å². The number of carbonyl (C=O) groups is 2. The van der Waals surface area contributed by atoms with Gasteiger partial charge in [0.2, 0.25) is 5.91 Å². The molecule has 18 heavy (non-hydrogen) atoms. The zero-order valence-corrected chi connectivity index (χ0v) is 11.1. The van der Waals surface area contributed by atoms with Crippen molar-refractivity contribution in [2.75, 3.05) is 13.1 Å². The van der Waals surface area contributed by atoms with Crippen LogP contribution in [0.3, 0.4) is 0 Å². The molecule has 1 aromatic carbocycles. The van der Waals surface area contributed by atoms with Gasteiger partial charge in [-0.15, -0.1) is 0 Å². The zero-order valence-electron chi connectivity index (χ0n) is 11.1. The van der Waals surface area contributed by atoms with Gasteiger partial charge in [0.15, 0.2) is 0 Å². The fraction of sp³-hybridized carbons (Fsp3) is 0.429. The van der Waals surface area contributed by atoms with Crippen molar-refractivity contribution in [2.45, 2.75) is 20.8 Å². The Morgan fingerprint density at radius 2 is 1.83 bits per heavy atom. The second-order valence-corrected chi connectivity index (χ2v) is 4.70. The first-order chi connectivity index (χ1) is 8.50. The molecule has 98 valence electrons. The van der Waals surface area contributed by atoms with Crippen molar-refractivity contribution in [3.8, 4) is 0 Å². The van der Waals surface area contributed by atoms with Crippen molar-refractivity contribution in [3.63, 3.8) is 0 Å². The van der Waals surface area contributed by atoms with Gasteiger partial charge in [-0.05, 0) is 24.5 Å². The molecule has 0 radical (unpaired) electrons. The molecule has 0 fully saturated rings. The van der Waals surface area contributed by atoms with Crippen molar-refractivity contribution in [1.29, 1.82) is 0 Å². The van der Waals surface area contributed by atoms with Crippen LogP contribution in [0, 0.1) is 12.8 Å². The molecule has 0 aliphatic rings. The Morgan fingerprint density at radius 1 is 1.17 bits per heavy atom. The summed E-state index contributed by atoms with van der Waals surface area (Å²) in [7, 11) is 0. The summed E-state index contributed by atoms with van der Waals surface area (Å²) in [5.41, 5.74) is 1.51. The maximum Gasteiger partial charge on any atom is 0.251 e. The van der Waals surface area contributed by atoms with Crippen LogP contribution in [0.25, 0.3) is 0 Å². The van der Waals surface area contributed by atoms with Crippen LogP contribution in [0.15, 0.2) is 24.3 Å². The molecule has 0 spiro atoms. The molecule has 0 aliphatic carbocycles. The van der Waals surface area contributed by atoms with E-state index in [1.54, 1.807) is 12.1 Å². The predicted molar refractivity (Wildman–Crippen MR) is 71.4 cm³/mol. The minimum absolute atomic E-state index is 0.0138. The van der Waals surface area contributed by atoms with Crippen LogP contribution < -0.4 is 10.6 Å². The molecule has 0 aliphatic heterocycles. The Morgan fingerprint density at radius 3 is 2.44 bits per heavy atom. The van der Waals surface area contributed by atoms with Gasteiger partial charge < -0.3 is 10.6 Å². The second kappa shape index (κ2) is 6.79. The van der Waals surface area contributed by atoms with Gasteiger partial charge in [0.25, 0.3) is 5.91 Å². The molecule has 4 heteroatoms. The number of benzene rings is 1. The lowest BCUT2D eigenvalue weighted by Gasteiger charge is -2.09. The number of nitrogens with one attached hydrogen (secondary N) is 2. The smallest absolute Gasteiger partial charge is 0.251 e. The van der Waals surface area contributed by atoms with E-state index in [2.05, 4.69) is 10.6 Å². The van der Waals surface area contributed by atoms with E-state index in [1.807, 2.05) is 32.9 Å². The first-order valence-electron chi connectivity index (χ1n) is 6.11. The lowest BCUT2D eigenvalue weighted by atomic mass is 10.1. The van der Waals surface area contributed by atoms with Crippen LogP contribution in [0.2, 0.25) is 0 Å². The number of rotatable bonds is 5. The van der Waals surface area contributed by atoms with Crippen LogP contribution in [-0.2, 0) is 4.79 Å². The highest BCUT2D eigenvalue weighted by atomic mass is 16.2. The van der Waals surface area contributed by atoms with Gasteiger partial charge in [-0.25, -0.2) is 0 Å². The Kier molecular flexibility index (Phi) is 5.36. The Hall–Kier alpha value is -1.84. The molecule has 4 nitrogen and oxygen atoms in total. The summed E-state index contributed by atoms with van der Waals surface area (Å²) >= 11 is 0. The quantitative estimate of drug-likeness (QED) is 0.829. The molecular formula is C14H20N2O2. The Labute approximate surface area is 108 Å². The van der Waals surface area contributed by atoms with Crippen molar-refractivity contribution in [1.82, 2.24) is 10.6 Å². The molecule has 0 atom stereocenters. The van der Waals surface area contributed by atoms with Crippen molar-refractivity contribution in [2.24, 2.45) is 5.92 Å². The van der Waals surface area contributed by atoms with Crippen LogP contribution in [0.4, 0.5) is 0 Å². The molecule has 0 heterocycles. The van der Waals surface area contributed by atoms with E-state index in [0.29, 0.717) is 18.0 Å². The summed E-state index contributed by atoms with van der Waals surface area (Å²) in [6.07, 6.45) is 0. The van der Waals surface area contributed by atoms with E-state index in [9.17, 15) is 9.59 Å². The van der Waals surface area contributed by atoms with Crippen molar-refractivity contribution >= 4 is 11.8 Å². The number of aryl methyl sites for hydroxylation is 1. The molecule has 1 aromatic rings. The molecule has 0 saturated carbocycles. The number of hydrogen-bond donors (Lipinski definition) is 2. The third-order valence-corrected chi connectivity index (χ3v) is 2.51. The van der Waals surface area contributed by atoms with Gasteiger partial charge in [0, 0.05) is 12.1 Å². The van der Waals surface area contributed by atoms with E-state index < -0.39 is 0 Å². The van der Waals surface area contributed by atoms with E-state index in [-0.39, 0.29) is 18.4 Å². The maximum atomic E-state index is 11.8. The average molecular weight is 248 g/mol. The SMILES string of the molecule is Cc1ccccc1C(=O)NCC(=O)NCC(C)C. The highest BCUT2D eigenvalue weighted by Gasteiger charge is 2.09. The summed E-state index contributed by atoms with van der Waals surface area (Å²) in [6, 6.07) is 7.30. The summed E-state index contributed by atoms with van der Waals surface area (Å²) in [5.74, 6) is 0.0273. The van der Waals surface area contributed by atoms with Gasteiger partial charge in [0.05, 0.1) is 6.54 Å². The Bertz CT molecular complexity index is 428. The highest BCUT2D eigenvalue weighted by Crippen LogP contribution is 2.05.